The van der Waals surface area contributed by atoms with Gasteiger partial charge in [-0.15, -0.1) is 0 Å². The number of hydrogen-bond donors (Lipinski definition) is 6. The standard InChI is InChI=1S/C13H26O.C12H26O2S.2C11H24O.C10H19F3O.2C10H22O.C9H20O/c1-6-7-9-13(5,11(2)3)10-8-12(4)14;1-6-7-8-12(4,11(2)3)9-10-15(5,13)14;1-5-6-7-8-11(4,9-12)10(2)3;1-5-7-8-11(6-2,9-12)10(3)4;1-4-5-6-9(7-14,8(2)3)10(11,12)13;2*1-5-6-7-10(4,8-11)9(2)3;1-5-6-9(4,7-10)8(2)3/h11H,6-10H2,1-5H3;11H,6-10H2,1-5H3;2*10,12H,5-9H2,1-4H3;8,14H,4-7H2,1-3H3;2*9,11H,5-8H2,1-4H3;8,10H,5-7H2,1-4H3. The summed E-state index contributed by atoms with van der Waals surface area (Å²) in [4.78, 5) is 11.0. The Morgan fingerprint density at radius 2 is 0.596 bits per heavy atom. The Balaban J connectivity index is -0.000000160. The van der Waals surface area contributed by atoms with Gasteiger partial charge in [-0.2, -0.15) is 13.2 Å². The third-order valence-corrected chi connectivity index (χ3v) is 25.6. The molecule has 0 radical (unpaired) electrons. The molecule has 0 aliphatic carbocycles. The highest BCUT2D eigenvalue weighted by Gasteiger charge is 2.55. The molecule has 0 amide bonds. The van der Waals surface area contributed by atoms with Gasteiger partial charge in [-0.05, 0) is 163 Å². The first kappa shape index (κ1) is 114. The molecule has 0 aromatic carbocycles. The van der Waals surface area contributed by atoms with Crippen LogP contribution in [-0.2, 0) is 14.6 Å². The molecule has 608 valence electrons. The average molecular weight is 1450 g/mol. The highest BCUT2D eigenvalue weighted by atomic mass is 32.2. The van der Waals surface area contributed by atoms with Crippen molar-refractivity contribution in [1.82, 2.24) is 0 Å². The fraction of sp³-hybridized carbons (Fsp3) is 0.988. The predicted molar refractivity (Wildman–Crippen MR) is 432 cm³/mol. The van der Waals surface area contributed by atoms with E-state index in [4.69, 9.17) is 10.2 Å². The molecule has 0 spiro atoms. The van der Waals surface area contributed by atoms with E-state index >= 15 is 0 Å². The Kier molecular flexibility index (Phi) is 70.5. The zero-order valence-corrected chi connectivity index (χ0v) is 73.6. The largest absolute Gasteiger partial charge is 0.396 e. The van der Waals surface area contributed by atoms with Crippen molar-refractivity contribution in [3.05, 3.63) is 0 Å². The predicted octanol–water partition coefficient (Wildman–Crippen LogP) is 25.4. The van der Waals surface area contributed by atoms with Gasteiger partial charge in [0.25, 0.3) is 0 Å². The van der Waals surface area contributed by atoms with Crippen molar-refractivity contribution in [2.24, 2.45) is 90.7 Å². The van der Waals surface area contributed by atoms with Crippen LogP contribution in [0, 0.1) is 90.7 Å². The number of sulfone groups is 1. The van der Waals surface area contributed by atoms with Crippen LogP contribution < -0.4 is 0 Å². The number of halogens is 3. The Labute approximate surface area is 619 Å². The summed E-state index contributed by atoms with van der Waals surface area (Å²) < 4.78 is 60.7. The van der Waals surface area contributed by atoms with E-state index in [0.717, 1.165) is 64.2 Å². The lowest BCUT2D eigenvalue weighted by Gasteiger charge is -2.37. The molecule has 8 unspecified atom stereocenters. The van der Waals surface area contributed by atoms with Crippen LogP contribution in [0.25, 0.3) is 0 Å². The van der Waals surface area contributed by atoms with Crippen LogP contribution in [0.1, 0.15) is 401 Å². The number of hydrogen-bond acceptors (Lipinski definition) is 9. The highest BCUT2D eigenvalue weighted by Crippen LogP contribution is 2.48. The van der Waals surface area contributed by atoms with Gasteiger partial charge in [0.05, 0.1) is 17.8 Å². The summed E-state index contributed by atoms with van der Waals surface area (Å²) in [5, 5.41) is 55.1. The van der Waals surface area contributed by atoms with E-state index in [9.17, 15) is 46.8 Å². The second-order valence-electron chi connectivity index (χ2n) is 34.9. The summed E-state index contributed by atoms with van der Waals surface area (Å²) in [5.74, 6) is 4.21. The summed E-state index contributed by atoms with van der Waals surface area (Å²) in [6.07, 6.45) is 27.4. The Hall–Kier alpha value is -0.830. The zero-order chi connectivity index (χ0) is 79.9. The van der Waals surface area contributed by atoms with Gasteiger partial charge < -0.3 is 35.4 Å². The van der Waals surface area contributed by atoms with Crippen LogP contribution in [0.4, 0.5) is 13.2 Å². The third-order valence-electron chi connectivity index (χ3n) is 24.7. The van der Waals surface area contributed by atoms with Crippen LogP contribution in [0.2, 0.25) is 0 Å². The number of alkyl halides is 3. The molecule has 0 saturated heterocycles. The van der Waals surface area contributed by atoms with Crippen molar-refractivity contribution in [2.45, 2.75) is 408 Å². The van der Waals surface area contributed by atoms with Gasteiger partial charge in [-0.3, -0.25) is 0 Å². The topological polar surface area (TPSA) is 173 Å². The van der Waals surface area contributed by atoms with Crippen molar-refractivity contribution in [1.29, 1.82) is 0 Å². The lowest BCUT2D eigenvalue weighted by atomic mass is 9.72. The molecular formula is C86H183F3O9S. The molecular weight excluding hydrogens is 1270 g/mol. The van der Waals surface area contributed by atoms with Crippen LogP contribution in [0.3, 0.4) is 0 Å². The molecule has 0 saturated carbocycles. The molecule has 0 heterocycles. The molecule has 0 aromatic heterocycles. The van der Waals surface area contributed by atoms with Crippen LogP contribution in [0.15, 0.2) is 0 Å². The fourth-order valence-corrected chi connectivity index (χ4v) is 12.4. The zero-order valence-electron chi connectivity index (χ0n) is 72.8. The lowest BCUT2D eigenvalue weighted by molar-refractivity contribution is -0.254. The van der Waals surface area contributed by atoms with E-state index in [0.29, 0.717) is 104 Å². The number of rotatable bonds is 45. The Morgan fingerprint density at radius 1 is 0.323 bits per heavy atom. The molecule has 0 aliphatic heterocycles. The van der Waals surface area contributed by atoms with Gasteiger partial charge in [-0.25, -0.2) is 8.42 Å². The number of ketones is 1. The van der Waals surface area contributed by atoms with E-state index in [1.54, 1.807) is 6.92 Å². The van der Waals surface area contributed by atoms with Gasteiger partial charge in [0.2, 0.25) is 0 Å². The van der Waals surface area contributed by atoms with Crippen LogP contribution in [-0.4, -0.2) is 103 Å². The number of aliphatic hydroxyl groups excluding tert-OH is 6. The van der Waals surface area contributed by atoms with Crippen molar-refractivity contribution < 1.29 is 57.0 Å². The second-order valence-corrected chi connectivity index (χ2v) is 37.2. The van der Waals surface area contributed by atoms with Gasteiger partial charge in [0, 0.05) is 45.7 Å². The summed E-state index contributed by atoms with van der Waals surface area (Å²) in [6.45, 7) is 69.1. The highest BCUT2D eigenvalue weighted by molar-refractivity contribution is 7.90. The monoisotopic (exact) mass is 1450 g/mol. The number of aliphatic hydroxyl groups is 6. The molecule has 8 atom stereocenters. The number of unbranched alkanes of at least 4 members (excludes halogenated alkanes) is 8. The molecule has 9 nitrogen and oxygen atoms in total. The van der Waals surface area contributed by atoms with E-state index in [1.165, 1.54) is 116 Å². The van der Waals surface area contributed by atoms with Gasteiger partial charge in [0.15, 0.2) is 0 Å². The molecule has 0 bridgehead atoms. The fourth-order valence-electron chi connectivity index (χ4n) is 11.5. The lowest BCUT2D eigenvalue weighted by Crippen LogP contribution is -2.45. The molecule has 6 N–H and O–H groups in total. The van der Waals surface area contributed by atoms with Crippen molar-refractivity contribution >= 4 is 15.6 Å². The van der Waals surface area contributed by atoms with Gasteiger partial charge >= 0.3 is 6.18 Å². The maximum atomic E-state index is 12.8. The number of Topliss-reactive ketones (excluding diaryl/α,β-unsaturated/α-hetero) is 1. The Bertz CT molecular complexity index is 1880. The maximum Gasteiger partial charge on any atom is 0.396 e. The minimum atomic E-state index is -4.31. The van der Waals surface area contributed by atoms with E-state index in [1.807, 2.05) is 6.92 Å². The maximum absolute atomic E-state index is 12.8. The first-order chi connectivity index (χ1) is 45.3. The third kappa shape index (κ3) is 51.9. The number of carbonyl (C=O) groups is 1. The quantitative estimate of drug-likeness (QED) is 0.0325. The van der Waals surface area contributed by atoms with Crippen LogP contribution >= 0.6 is 0 Å². The molecule has 0 rings (SSSR count). The first-order valence-corrected chi connectivity index (χ1v) is 42.8. The van der Waals surface area contributed by atoms with Crippen molar-refractivity contribution in [3.8, 4) is 0 Å². The molecule has 13 heteroatoms. The summed E-state index contributed by atoms with van der Waals surface area (Å²) >= 11 is 0. The molecule has 99 heavy (non-hydrogen) atoms. The van der Waals surface area contributed by atoms with Gasteiger partial charge in [0.1, 0.15) is 15.6 Å². The van der Waals surface area contributed by atoms with Crippen molar-refractivity contribution in [2.75, 3.05) is 51.6 Å². The normalized spacial score (nSPS) is 16.7. The molecule has 0 fully saturated rings. The first-order valence-electron chi connectivity index (χ1n) is 40.7. The summed E-state index contributed by atoms with van der Waals surface area (Å²) in [7, 11) is -2.82. The molecule has 0 aliphatic rings. The van der Waals surface area contributed by atoms with Crippen LogP contribution in [0.5, 0.6) is 0 Å². The summed E-state index contributed by atoms with van der Waals surface area (Å²) in [5.41, 5.74) is -0.588. The average Bonchev–Trinajstić information content (AvgIpc) is 0.796. The minimum Gasteiger partial charge on any atom is -0.396 e. The second kappa shape index (κ2) is 61.2. The van der Waals surface area contributed by atoms with Gasteiger partial charge in [-0.1, -0.05) is 317 Å². The van der Waals surface area contributed by atoms with E-state index in [-0.39, 0.29) is 38.9 Å². The SMILES string of the molecule is CCCC(C)(CO)C(C)C.CCCCC(C)(CCC(C)=O)C(C)C.CCCCC(C)(CCS(C)(=O)=O)C(C)C.CCCCC(C)(CO)C(C)C.CCCCC(C)(CO)C(C)C.CCCCC(CC)(CO)C(C)C.CCCCC(CO)(C(C)C)C(F)(F)F.CCCCCC(C)(CO)C(C)C. The summed E-state index contributed by atoms with van der Waals surface area (Å²) in [6, 6.07) is 0. The van der Waals surface area contributed by atoms with E-state index in [2.05, 4.69) is 194 Å². The Morgan fingerprint density at radius 3 is 0.798 bits per heavy atom. The smallest absolute Gasteiger partial charge is 0.396 e. The van der Waals surface area contributed by atoms with E-state index < -0.39 is 34.0 Å². The number of carbonyl (C=O) groups excluding carboxylic acids is 1. The minimum absolute atomic E-state index is 0.0150. The van der Waals surface area contributed by atoms with Crippen molar-refractivity contribution in [3.63, 3.8) is 0 Å². The molecule has 0 aromatic rings.